The van der Waals surface area contributed by atoms with E-state index in [2.05, 4.69) is 15.0 Å². The minimum atomic E-state index is -0.681. The van der Waals surface area contributed by atoms with Crippen LogP contribution >= 0.6 is 11.6 Å². The summed E-state index contributed by atoms with van der Waals surface area (Å²) in [6.07, 6.45) is 0. The monoisotopic (exact) mass is 307 g/mol. The lowest BCUT2D eigenvalue weighted by Crippen LogP contribution is -2.08. The van der Waals surface area contributed by atoms with Gasteiger partial charge in [-0.05, 0) is 24.3 Å². The Bertz CT molecular complexity index is 706. The van der Waals surface area contributed by atoms with Crippen molar-refractivity contribution in [3.05, 3.63) is 57.2 Å². The van der Waals surface area contributed by atoms with Crippen LogP contribution in [0.1, 0.15) is 10.5 Å². The molecule has 1 heterocycles. The quantitative estimate of drug-likeness (QED) is 0.529. The van der Waals surface area contributed by atoms with Gasteiger partial charge in [-0.2, -0.15) is 0 Å². The largest absolute Gasteiger partial charge is 0.464 e. The van der Waals surface area contributed by atoms with E-state index in [1.54, 1.807) is 24.3 Å². The van der Waals surface area contributed by atoms with Gasteiger partial charge in [-0.1, -0.05) is 17.7 Å². The lowest BCUT2D eigenvalue weighted by atomic mass is 10.3. The summed E-state index contributed by atoms with van der Waals surface area (Å²) in [4.78, 5) is 25.8. The Hall–Kier alpha value is -2.67. The molecule has 0 aliphatic heterocycles. The molecule has 0 saturated carbocycles. The first-order chi connectivity index (χ1) is 10.0. The highest BCUT2D eigenvalue weighted by Crippen LogP contribution is 2.27. The van der Waals surface area contributed by atoms with E-state index in [-0.39, 0.29) is 17.2 Å². The zero-order valence-electron chi connectivity index (χ0n) is 10.9. The average Bonchev–Trinajstić information content (AvgIpc) is 2.46. The Balaban J connectivity index is 2.43. The minimum absolute atomic E-state index is 0.0346. The summed E-state index contributed by atoms with van der Waals surface area (Å²) in [6.45, 7) is 0. The maximum absolute atomic E-state index is 11.4. The number of ether oxygens (including phenoxy) is 1. The number of methoxy groups -OCH3 is 1. The summed E-state index contributed by atoms with van der Waals surface area (Å²) in [5.41, 5.74) is 0.218. The molecule has 0 unspecified atom stereocenters. The number of anilines is 2. The molecule has 1 aromatic carbocycles. The number of hydrogen-bond acceptors (Lipinski definition) is 6. The molecule has 1 N–H and O–H groups in total. The number of nitrogens with one attached hydrogen (secondary N) is 1. The van der Waals surface area contributed by atoms with E-state index in [9.17, 15) is 14.9 Å². The van der Waals surface area contributed by atoms with E-state index in [0.29, 0.717) is 10.7 Å². The Labute approximate surface area is 124 Å². The van der Waals surface area contributed by atoms with Gasteiger partial charge in [0.2, 0.25) is 5.82 Å². The lowest BCUT2D eigenvalue weighted by molar-refractivity contribution is -0.384. The topological polar surface area (TPSA) is 94.4 Å². The highest BCUT2D eigenvalue weighted by Gasteiger charge is 2.19. The third-order valence-electron chi connectivity index (χ3n) is 2.55. The molecule has 0 aliphatic carbocycles. The normalized spacial score (nSPS) is 10.0. The number of carbonyl (C=O) groups is 1. The number of carbonyl (C=O) groups excluding carboxylic acids is 1. The van der Waals surface area contributed by atoms with Gasteiger partial charge < -0.3 is 10.1 Å². The number of pyridine rings is 1. The van der Waals surface area contributed by atoms with E-state index in [0.717, 1.165) is 0 Å². The van der Waals surface area contributed by atoms with Crippen LogP contribution in [0.2, 0.25) is 5.02 Å². The van der Waals surface area contributed by atoms with Crippen LogP contribution in [0.3, 0.4) is 0 Å². The summed E-state index contributed by atoms with van der Waals surface area (Å²) < 4.78 is 4.54. The predicted molar refractivity (Wildman–Crippen MR) is 77.0 cm³/mol. The molecule has 108 valence electrons. The smallest absolute Gasteiger partial charge is 0.356 e. The zero-order chi connectivity index (χ0) is 15.4. The molecule has 7 nitrogen and oxygen atoms in total. The summed E-state index contributed by atoms with van der Waals surface area (Å²) >= 11 is 5.85. The van der Waals surface area contributed by atoms with Crippen LogP contribution in [-0.4, -0.2) is 23.0 Å². The molecular formula is C13H10ClN3O4. The van der Waals surface area contributed by atoms with Crippen molar-refractivity contribution in [1.82, 2.24) is 4.98 Å². The highest BCUT2D eigenvalue weighted by molar-refractivity contribution is 6.30. The number of nitrogens with zero attached hydrogens (tertiary/aromatic N) is 2. The molecule has 21 heavy (non-hydrogen) atoms. The molecule has 2 aromatic rings. The van der Waals surface area contributed by atoms with Gasteiger partial charge in [-0.15, -0.1) is 0 Å². The van der Waals surface area contributed by atoms with Crippen molar-refractivity contribution in [3.63, 3.8) is 0 Å². The van der Waals surface area contributed by atoms with Crippen LogP contribution < -0.4 is 5.32 Å². The number of aromatic nitrogens is 1. The van der Waals surface area contributed by atoms with E-state index >= 15 is 0 Å². The number of benzene rings is 1. The fourth-order valence-electron chi connectivity index (χ4n) is 1.61. The Morgan fingerprint density at radius 2 is 2.14 bits per heavy atom. The predicted octanol–water partition coefficient (Wildman–Crippen LogP) is 3.17. The second-order valence-electron chi connectivity index (χ2n) is 3.95. The van der Waals surface area contributed by atoms with Crippen LogP contribution in [0.25, 0.3) is 0 Å². The molecule has 0 radical (unpaired) electrons. The van der Waals surface area contributed by atoms with Crippen molar-refractivity contribution in [2.45, 2.75) is 0 Å². The van der Waals surface area contributed by atoms with Crippen molar-refractivity contribution >= 4 is 34.8 Å². The van der Waals surface area contributed by atoms with Gasteiger partial charge in [0, 0.05) is 16.8 Å². The number of rotatable bonds is 4. The van der Waals surface area contributed by atoms with Gasteiger partial charge in [-0.3, -0.25) is 10.1 Å². The molecule has 1 aromatic heterocycles. The standard InChI is InChI=1S/C13H10ClN3O4/c1-21-13(18)10-5-6-11(17(19)20)12(16-10)15-9-4-2-3-8(14)7-9/h2-7H,1H3,(H,15,16). The average molecular weight is 308 g/mol. The molecular weight excluding hydrogens is 298 g/mol. The molecule has 0 amide bonds. The SMILES string of the molecule is COC(=O)c1ccc([N+](=O)[O-])c(Nc2cccc(Cl)c2)n1. The molecule has 0 bridgehead atoms. The summed E-state index contributed by atoms with van der Waals surface area (Å²) in [6, 6.07) is 9.01. The van der Waals surface area contributed by atoms with Gasteiger partial charge in [0.25, 0.3) is 0 Å². The van der Waals surface area contributed by atoms with Crippen LogP contribution in [0.5, 0.6) is 0 Å². The zero-order valence-corrected chi connectivity index (χ0v) is 11.6. The summed E-state index contributed by atoms with van der Waals surface area (Å²) in [5.74, 6) is -0.746. The summed E-state index contributed by atoms with van der Waals surface area (Å²) in [5, 5.41) is 14.2. The number of nitro groups is 1. The first-order valence-electron chi connectivity index (χ1n) is 5.77. The molecule has 2 rings (SSSR count). The van der Waals surface area contributed by atoms with Crippen molar-refractivity contribution in [3.8, 4) is 0 Å². The van der Waals surface area contributed by atoms with Crippen molar-refractivity contribution in [2.24, 2.45) is 0 Å². The Kier molecular flexibility index (Phi) is 4.34. The van der Waals surface area contributed by atoms with Gasteiger partial charge >= 0.3 is 11.7 Å². The van der Waals surface area contributed by atoms with Crippen molar-refractivity contribution in [2.75, 3.05) is 12.4 Å². The molecule has 0 saturated heterocycles. The first-order valence-corrected chi connectivity index (χ1v) is 6.15. The lowest BCUT2D eigenvalue weighted by Gasteiger charge is -2.08. The maximum Gasteiger partial charge on any atom is 0.356 e. The van der Waals surface area contributed by atoms with Gasteiger partial charge in [-0.25, -0.2) is 9.78 Å². The molecule has 0 spiro atoms. The highest BCUT2D eigenvalue weighted by atomic mass is 35.5. The fraction of sp³-hybridized carbons (Fsp3) is 0.0769. The minimum Gasteiger partial charge on any atom is -0.464 e. The molecule has 0 atom stereocenters. The third kappa shape index (κ3) is 3.46. The maximum atomic E-state index is 11.4. The molecule has 0 fully saturated rings. The van der Waals surface area contributed by atoms with Crippen molar-refractivity contribution in [1.29, 1.82) is 0 Å². The van der Waals surface area contributed by atoms with E-state index < -0.39 is 10.9 Å². The number of esters is 1. The van der Waals surface area contributed by atoms with Crippen LogP contribution in [0.4, 0.5) is 17.2 Å². The third-order valence-corrected chi connectivity index (χ3v) is 2.79. The van der Waals surface area contributed by atoms with Crippen LogP contribution in [0, 0.1) is 10.1 Å². The fourth-order valence-corrected chi connectivity index (χ4v) is 1.80. The number of hydrogen-bond donors (Lipinski definition) is 1. The van der Waals surface area contributed by atoms with Gasteiger partial charge in [0.1, 0.15) is 0 Å². The van der Waals surface area contributed by atoms with Crippen LogP contribution in [-0.2, 0) is 4.74 Å². The van der Waals surface area contributed by atoms with Gasteiger partial charge in [0.15, 0.2) is 5.69 Å². The number of halogens is 1. The second-order valence-corrected chi connectivity index (χ2v) is 4.38. The van der Waals surface area contributed by atoms with Crippen LogP contribution in [0.15, 0.2) is 36.4 Å². The first kappa shape index (κ1) is 14.7. The summed E-state index contributed by atoms with van der Waals surface area (Å²) in [7, 11) is 1.20. The van der Waals surface area contributed by atoms with Crippen molar-refractivity contribution < 1.29 is 14.5 Å². The Morgan fingerprint density at radius 3 is 2.76 bits per heavy atom. The van der Waals surface area contributed by atoms with E-state index in [4.69, 9.17) is 11.6 Å². The van der Waals surface area contributed by atoms with E-state index in [1.165, 1.54) is 19.2 Å². The van der Waals surface area contributed by atoms with E-state index in [1.807, 2.05) is 0 Å². The molecule has 0 aliphatic rings. The second kappa shape index (κ2) is 6.19. The Morgan fingerprint density at radius 1 is 1.38 bits per heavy atom. The molecule has 8 heteroatoms. The van der Waals surface area contributed by atoms with Gasteiger partial charge in [0.05, 0.1) is 12.0 Å².